The van der Waals surface area contributed by atoms with Crippen molar-refractivity contribution in [3.63, 3.8) is 0 Å². The van der Waals surface area contributed by atoms with Gasteiger partial charge in [-0.2, -0.15) is 0 Å². The zero-order valence-corrected chi connectivity index (χ0v) is 14.9. The topological polar surface area (TPSA) is 76.0 Å². The van der Waals surface area contributed by atoms with Crippen molar-refractivity contribution in [3.05, 3.63) is 81.4 Å². The summed E-state index contributed by atoms with van der Waals surface area (Å²) >= 11 is 6.29. The van der Waals surface area contributed by atoms with Crippen molar-refractivity contribution in [3.8, 4) is 23.0 Å². The van der Waals surface area contributed by atoms with Crippen molar-refractivity contribution in [1.29, 1.82) is 0 Å². The van der Waals surface area contributed by atoms with Gasteiger partial charge in [0, 0.05) is 28.3 Å². The van der Waals surface area contributed by atoms with Crippen LogP contribution in [0.5, 0.6) is 23.0 Å². The van der Waals surface area contributed by atoms with Crippen molar-refractivity contribution < 1.29 is 24.5 Å². The Morgan fingerprint density at radius 3 is 2.59 bits per heavy atom. The van der Waals surface area contributed by atoms with Gasteiger partial charge in [-0.3, -0.25) is 0 Å². The maximum Gasteiger partial charge on any atom is 0.341 e. The molecule has 2 aliphatic rings. The largest absolute Gasteiger partial charge is 0.508 e. The Morgan fingerprint density at radius 1 is 1.00 bits per heavy atom. The normalized spacial score (nSPS) is 19.1. The van der Waals surface area contributed by atoms with Crippen LogP contribution in [0.2, 0.25) is 5.02 Å². The van der Waals surface area contributed by atoms with E-state index in [9.17, 15) is 15.0 Å². The number of esters is 1. The van der Waals surface area contributed by atoms with Crippen molar-refractivity contribution in [2.24, 2.45) is 0 Å². The van der Waals surface area contributed by atoms with Crippen LogP contribution in [0.4, 0.5) is 0 Å². The highest BCUT2D eigenvalue weighted by molar-refractivity contribution is 6.34. The van der Waals surface area contributed by atoms with Crippen LogP contribution in [0.15, 0.2) is 48.5 Å². The molecule has 0 amide bonds. The summed E-state index contributed by atoms with van der Waals surface area (Å²) in [6.45, 7) is 1.71. The van der Waals surface area contributed by atoms with E-state index in [0.717, 1.165) is 0 Å². The highest BCUT2D eigenvalue weighted by Crippen LogP contribution is 2.58. The van der Waals surface area contributed by atoms with Crippen LogP contribution >= 0.6 is 11.6 Å². The second-order valence-electron chi connectivity index (χ2n) is 6.60. The molecule has 6 heteroatoms. The molecular weight excluding hydrogens is 368 g/mol. The number of carbonyl (C=O) groups excluding carboxylic acids is 1. The van der Waals surface area contributed by atoms with Crippen molar-refractivity contribution >= 4 is 17.6 Å². The smallest absolute Gasteiger partial charge is 0.341 e. The van der Waals surface area contributed by atoms with Crippen LogP contribution in [0.3, 0.4) is 0 Å². The molecule has 134 valence electrons. The monoisotopic (exact) mass is 380 g/mol. The summed E-state index contributed by atoms with van der Waals surface area (Å²) < 4.78 is 12.0. The van der Waals surface area contributed by atoms with Gasteiger partial charge in [0.1, 0.15) is 23.0 Å². The molecule has 1 spiro atoms. The number of rotatable bonds is 0. The Balaban J connectivity index is 1.94. The number of hydrogen-bond acceptors (Lipinski definition) is 5. The van der Waals surface area contributed by atoms with Gasteiger partial charge in [0.2, 0.25) is 0 Å². The summed E-state index contributed by atoms with van der Waals surface area (Å²) in [5.74, 6) is 0.266. The zero-order chi connectivity index (χ0) is 18.9. The highest BCUT2D eigenvalue weighted by Gasteiger charge is 2.54. The lowest BCUT2D eigenvalue weighted by Crippen LogP contribution is -2.33. The maximum atomic E-state index is 12.8. The fraction of sp³-hybridized carbons (Fsp3) is 0.0952. The molecule has 3 aromatic carbocycles. The second-order valence-corrected chi connectivity index (χ2v) is 7.01. The number of fused-ring (bicyclic) bond motifs is 6. The number of phenols is 2. The molecule has 0 saturated carbocycles. The molecule has 2 aliphatic heterocycles. The molecule has 1 unspecified atom stereocenters. The zero-order valence-electron chi connectivity index (χ0n) is 14.1. The van der Waals surface area contributed by atoms with E-state index in [0.29, 0.717) is 44.3 Å². The first kappa shape index (κ1) is 16.0. The predicted octanol–water partition coefficient (Wildman–Crippen LogP) is 4.63. The Hall–Kier alpha value is -3.18. The Bertz CT molecular complexity index is 1150. The molecule has 0 aromatic heterocycles. The number of ether oxygens (including phenoxy) is 2. The van der Waals surface area contributed by atoms with Crippen LogP contribution in [0.25, 0.3) is 0 Å². The minimum atomic E-state index is -1.27. The van der Waals surface area contributed by atoms with Crippen LogP contribution in [-0.2, 0) is 10.3 Å². The molecule has 0 bridgehead atoms. The molecule has 1 atom stereocenters. The quantitative estimate of drug-likeness (QED) is 0.556. The molecule has 5 nitrogen and oxygen atoms in total. The average molecular weight is 381 g/mol. The third kappa shape index (κ3) is 1.92. The fourth-order valence-corrected chi connectivity index (χ4v) is 4.15. The fourth-order valence-electron chi connectivity index (χ4n) is 3.90. The SMILES string of the molecule is Cc1c(O)ccc2c1Oc1cc(O)ccc1C21OC(=O)c2c(Cl)cccc21. The highest BCUT2D eigenvalue weighted by atomic mass is 35.5. The lowest BCUT2D eigenvalue weighted by Gasteiger charge is -2.37. The Kier molecular flexibility index (Phi) is 3.07. The van der Waals surface area contributed by atoms with Gasteiger partial charge < -0.3 is 19.7 Å². The van der Waals surface area contributed by atoms with Crippen molar-refractivity contribution in [2.45, 2.75) is 12.5 Å². The Labute approximate surface area is 159 Å². The van der Waals surface area contributed by atoms with E-state index in [1.807, 2.05) is 0 Å². The molecule has 5 rings (SSSR count). The molecule has 2 heterocycles. The first-order valence-corrected chi connectivity index (χ1v) is 8.68. The lowest BCUT2D eigenvalue weighted by atomic mass is 9.77. The summed E-state index contributed by atoms with van der Waals surface area (Å²) in [4.78, 5) is 12.8. The summed E-state index contributed by atoms with van der Waals surface area (Å²) in [5, 5.41) is 20.4. The van der Waals surface area contributed by atoms with E-state index in [-0.39, 0.29) is 11.5 Å². The van der Waals surface area contributed by atoms with Crippen molar-refractivity contribution in [2.75, 3.05) is 0 Å². The van der Waals surface area contributed by atoms with Gasteiger partial charge in [0.15, 0.2) is 5.60 Å². The predicted molar refractivity (Wildman–Crippen MR) is 97.8 cm³/mol. The van der Waals surface area contributed by atoms with Crippen LogP contribution in [0, 0.1) is 6.92 Å². The third-order valence-corrected chi connectivity index (χ3v) is 5.47. The van der Waals surface area contributed by atoms with Gasteiger partial charge in [-0.25, -0.2) is 4.79 Å². The third-order valence-electron chi connectivity index (χ3n) is 5.16. The molecule has 0 saturated heterocycles. The summed E-state index contributed by atoms with van der Waals surface area (Å²) in [7, 11) is 0. The number of phenolic OH excluding ortho intramolecular Hbond substituents is 2. The first-order valence-electron chi connectivity index (χ1n) is 8.30. The molecule has 0 radical (unpaired) electrons. The molecule has 0 aliphatic carbocycles. The molecule has 3 aromatic rings. The Morgan fingerprint density at radius 2 is 1.78 bits per heavy atom. The van der Waals surface area contributed by atoms with E-state index in [1.165, 1.54) is 12.1 Å². The van der Waals surface area contributed by atoms with Gasteiger partial charge in [0.05, 0.1) is 10.6 Å². The average Bonchev–Trinajstić information content (AvgIpc) is 2.93. The number of aromatic hydroxyl groups is 2. The maximum absolute atomic E-state index is 12.8. The lowest BCUT2D eigenvalue weighted by molar-refractivity contribution is 0.0224. The molecular formula is C21H13ClO5. The summed E-state index contributed by atoms with van der Waals surface area (Å²) in [5.41, 5.74) is 1.30. The van der Waals surface area contributed by atoms with Gasteiger partial charge in [0.25, 0.3) is 0 Å². The van der Waals surface area contributed by atoms with Crippen LogP contribution in [-0.4, -0.2) is 16.2 Å². The number of hydrogen-bond donors (Lipinski definition) is 2. The van der Waals surface area contributed by atoms with Gasteiger partial charge >= 0.3 is 5.97 Å². The first-order chi connectivity index (χ1) is 12.9. The van der Waals surface area contributed by atoms with E-state index in [2.05, 4.69) is 0 Å². The van der Waals surface area contributed by atoms with Gasteiger partial charge in [-0.1, -0.05) is 23.7 Å². The van der Waals surface area contributed by atoms with E-state index >= 15 is 0 Å². The number of halogens is 1. The van der Waals surface area contributed by atoms with Gasteiger partial charge in [-0.15, -0.1) is 0 Å². The van der Waals surface area contributed by atoms with Crippen LogP contribution < -0.4 is 4.74 Å². The number of benzene rings is 3. The van der Waals surface area contributed by atoms with Gasteiger partial charge in [-0.05, 0) is 37.3 Å². The summed E-state index contributed by atoms with van der Waals surface area (Å²) in [6, 6.07) is 13.0. The minimum absolute atomic E-state index is 0.0146. The second kappa shape index (κ2) is 5.18. The van der Waals surface area contributed by atoms with E-state index in [1.54, 1.807) is 43.3 Å². The molecule has 0 fully saturated rings. The minimum Gasteiger partial charge on any atom is -0.508 e. The standard InChI is InChI=1S/C21H13ClO5/c1-10-16(24)8-7-14-19(10)26-17-9-11(23)5-6-12(17)21(14)13-3-2-4-15(22)18(13)20(25)27-21/h2-9,23-24H,1H3. The van der Waals surface area contributed by atoms with Crippen LogP contribution in [0.1, 0.15) is 32.6 Å². The van der Waals surface area contributed by atoms with E-state index in [4.69, 9.17) is 21.1 Å². The number of carbonyl (C=O) groups is 1. The van der Waals surface area contributed by atoms with Crippen molar-refractivity contribution in [1.82, 2.24) is 0 Å². The molecule has 2 N–H and O–H groups in total. The molecule has 27 heavy (non-hydrogen) atoms. The summed E-state index contributed by atoms with van der Waals surface area (Å²) in [6.07, 6.45) is 0. The van der Waals surface area contributed by atoms with E-state index < -0.39 is 11.6 Å².